The molecule has 0 saturated carbocycles. The number of aryl methyl sites for hydroxylation is 1. The molecule has 0 spiro atoms. The summed E-state index contributed by atoms with van der Waals surface area (Å²) in [7, 11) is 0. The van der Waals surface area contributed by atoms with Gasteiger partial charge in [-0.05, 0) is 55.3 Å². The van der Waals surface area contributed by atoms with E-state index in [9.17, 15) is 9.59 Å². The van der Waals surface area contributed by atoms with Gasteiger partial charge in [-0.15, -0.1) is 0 Å². The zero-order valence-electron chi connectivity index (χ0n) is 17.1. The number of carbonyl (C=O) groups excluding carboxylic acids is 2. The van der Waals surface area contributed by atoms with Crippen LogP contribution in [0.4, 0.5) is 0 Å². The SMILES string of the molecule is Cc1ccc(C(=O)Oc2cccc3cccc(OC(=O)C4C=CC(C)CC4)c23)cc1. The summed E-state index contributed by atoms with van der Waals surface area (Å²) in [4.78, 5) is 25.4. The van der Waals surface area contributed by atoms with E-state index < -0.39 is 5.97 Å². The minimum Gasteiger partial charge on any atom is -0.425 e. The van der Waals surface area contributed by atoms with Crippen molar-refractivity contribution in [3.63, 3.8) is 0 Å². The van der Waals surface area contributed by atoms with Crippen molar-refractivity contribution in [2.24, 2.45) is 11.8 Å². The number of rotatable bonds is 4. The molecule has 0 heterocycles. The summed E-state index contributed by atoms with van der Waals surface area (Å²) < 4.78 is 11.5. The topological polar surface area (TPSA) is 52.6 Å². The van der Waals surface area contributed by atoms with Gasteiger partial charge in [-0.25, -0.2) is 4.79 Å². The molecule has 3 aromatic rings. The molecule has 30 heavy (non-hydrogen) atoms. The normalized spacial score (nSPS) is 18.2. The van der Waals surface area contributed by atoms with E-state index in [1.807, 2.05) is 49.4 Å². The van der Waals surface area contributed by atoms with Crippen molar-refractivity contribution in [1.82, 2.24) is 0 Å². The lowest BCUT2D eigenvalue weighted by Gasteiger charge is -2.19. The Morgan fingerprint density at radius 3 is 2.13 bits per heavy atom. The molecule has 0 bridgehead atoms. The fraction of sp³-hybridized carbons (Fsp3) is 0.231. The van der Waals surface area contributed by atoms with Crippen molar-refractivity contribution in [2.75, 3.05) is 0 Å². The molecular weight excluding hydrogens is 376 g/mol. The Labute approximate surface area is 176 Å². The molecule has 0 amide bonds. The molecule has 1 aliphatic carbocycles. The van der Waals surface area contributed by atoms with Crippen LogP contribution < -0.4 is 9.47 Å². The van der Waals surface area contributed by atoms with E-state index in [1.165, 1.54) is 0 Å². The van der Waals surface area contributed by atoms with Gasteiger partial charge < -0.3 is 9.47 Å². The summed E-state index contributed by atoms with van der Waals surface area (Å²) in [5, 5.41) is 1.45. The standard InChI is InChI=1S/C26H24O4/c1-17-9-13-20(14-10-17)25(27)29-22-7-3-5-19-6-4-8-23(24(19)22)30-26(28)21-15-11-18(2)12-16-21/h3-11,13-15,18,21H,12,16H2,1-2H3. The number of esters is 2. The van der Waals surface area contributed by atoms with E-state index in [4.69, 9.17) is 9.47 Å². The quantitative estimate of drug-likeness (QED) is 0.312. The minimum atomic E-state index is -0.451. The van der Waals surface area contributed by atoms with E-state index in [2.05, 4.69) is 13.0 Å². The smallest absolute Gasteiger partial charge is 0.343 e. The van der Waals surface area contributed by atoms with Crippen LogP contribution in [0, 0.1) is 18.8 Å². The number of benzene rings is 3. The summed E-state index contributed by atoms with van der Waals surface area (Å²) >= 11 is 0. The first-order valence-corrected chi connectivity index (χ1v) is 10.2. The van der Waals surface area contributed by atoms with Crippen LogP contribution >= 0.6 is 0 Å². The van der Waals surface area contributed by atoms with Gasteiger partial charge in [-0.1, -0.05) is 61.0 Å². The Balaban J connectivity index is 1.63. The number of fused-ring (bicyclic) bond motifs is 1. The minimum absolute atomic E-state index is 0.251. The maximum Gasteiger partial charge on any atom is 0.343 e. The van der Waals surface area contributed by atoms with Crippen molar-refractivity contribution in [3.8, 4) is 11.5 Å². The Hall–Kier alpha value is -3.40. The highest BCUT2D eigenvalue weighted by Crippen LogP contribution is 2.35. The summed E-state index contributed by atoms with van der Waals surface area (Å²) in [5.41, 5.74) is 1.53. The molecule has 2 atom stereocenters. The lowest BCUT2D eigenvalue weighted by Crippen LogP contribution is -2.22. The Morgan fingerprint density at radius 2 is 1.50 bits per heavy atom. The van der Waals surface area contributed by atoms with Crippen molar-refractivity contribution in [3.05, 3.63) is 83.9 Å². The van der Waals surface area contributed by atoms with Crippen LogP contribution in [0.25, 0.3) is 10.8 Å². The van der Waals surface area contributed by atoms with E-state index in [1.54, 1.807) is 24.3 Å². The van der Waals surface area contributed by atoms with Gasteiger partial charge >= 0.3 is 11.9 Å². The highest BCUT2D eigenvalue weighted by molar-refractivity contribution is 5.99. The lowest BCUT2D eigenvalue weighted by molar-refractivity contribution is -0.137. The van der Waals surface area contributed by atoms with Crippen molar-refractivity contribution >= 4 is 22.7 Å². The van der Waals surface area contributed by atoms with Gasteiger partial charge in [0.25, 0.3) is 0 Å². The zero-order chi connectivity index (χ0) is 21.1. The molecule has 0 aliphatic heterocycles. The van der Waals surface area contributed by atoms with Crippen LogP contribution in [0.3, 0.4) is 0 Å². The first-order valence-electron chi connectivity index (χ1n) is 10.2. The van der Waals surface area contributed by atoms with Crippen LogP contribution in [-0.2, 0) is 4.79 Å². The molecule has 4 heteroatoms. The van der Waals surface area contributed by atoms with Crippen LogP contribution in [0.5, 0.6) is 11.5 Å². The van der Waals surface area contributed by atoms with Crippen molar-refractivity contribution in [1.29, 1.82) is 0 Å². The molecule has 1 aliphatic rings. The molecule has 2 unspecified atom stereocenters. The summed E-state index contributed by atoms with van der Waals surface area (Å²) in [6.45, 7) is 4.10. The predicted octanol–water partition coefficient (Wildman–Crippen LogP) is 5.88. The Kier molecular flexibility index (Phi) is 5.66. The Morgan fingerprint density at radius 1 is 0.833 bits per heavy atom. The monoisotopic (exact) mass is 400 g/mol. The third kappa shape index (κ3) is 4.28. The first kappa shape index (κ1) is 19.9. The molecule has 4 rings (SSSR count). The Bertz CT molecular complexity index is 1110. The zero-order valence-corrected chi connectivity index (χ0v) is 17.1. The van der Waals surface area contributed by atoms with Gasteiger partial charge in [0.15, 0.2) is 0 Å². The van der Waals surface area contributed by atoms with Crippen LogP contribution in [-0.4, -0.2) is 11.9 Å². The lowest BCUT2D eigenvalue weighted by atomic mass is 9.90. The molecule has 0 fully saturated rings. The molecule has 152 valence electrons. The molecule has 4 nitrogen and oxygen atoms in total. The average Bonchev–Trinajstić information content (AvgIpc) is 2.75. The number of hydrogen-bond acceptors (Lipinski definition) is 4. The van der Waals surface area contributed by atoms with E-state index >= 15 is 0 Å². The maximum absolute atomic E-state index is 12.7. The molecule has 3 aromatic carbocycles. The van der Waals surface area contributed by atoms with E-state index in [0.717, 1.165) is 23.8 Å². The highest BCUT2D eigenvalue weighted by Gasteiger charge is 2.23. The second kappa shape index (κ2) is 8.54. The van der Waals surface area contributed by atoms with Gasteiger partial charge in [0, 0.05) is 0 Å². The second-order valence-electron chi connectivity index (χ2n) is 7.83. The highest BCUT2D eigenvalue weighted by atomic mass is 16.5. The molecular formula is C26H24O4. The number of ether oxygens (including phenoxy) is 2. The predicted molar refractivity (Wildman–Crippen MR) is 117 cm³/mol. The van der Waals surface area contributed by atoms with Crippen molar-refractivity contribution in [2.45, 2.75) is 26.7 Å². The summed E-state index contributed by atoms with van der Waals surface area (Å²) in [5.74, 6) is 0.266. The average molecular weight is 400 g/mol. The van der Waals surface area contributed by atoms with Crippen LogP contribution in [0.15, 0.2) is 72.8 Å². The van der Waals surface area contributed by atoms with E-state index in [0.29, 0.717) is 28.4 Å². The number of allylic oxidation sites excluding steroid dienone is 1. The largest absolute Gasteiger partial charge is 0.425 e. The maximum atomic E-state index is 12.7. The van der Waals surface area contributed by atoms with Crippen LogP contribution in [0.2, 0.25) is 0 Å². The summed E-state index contributed by atoms with van der Waals surface area (Å²) in [6, 6.07) is 18.1. The molecule has 0 radical (unpaired) electrons. The molecule has 0 saturated heterocycles. The number of hydrogen-bond donors (Lipinski definition) is 0. The number of carbonyl (C=O) groups is 2. The fourth-order valence-electron chi connectivity index (χ4n) is 3.63. The fourth-order valence-corrected chi connectivity index (χ4v) is 3.63. The second-order valence-corrected chi connectivity index (χ2v) is 7.83. The van der Waals surface area contributed by atoms with Gasteiger partial charge in [-0.3, -0.25) is 4.79 Å². The molecule has 0 N–H and O–H groups in total. The van der Waals surface area contributed by atoms with E-state index in [-0.39, 0.29) is 11.9 Å². The summed E-state index contributed by atoms with van der Waals surface area (Å²) in [6.07, 6.45) is 5.73. The third-order valence-corrected chi connectivity index (χ3v) is 5.44. The molecule has 0 aromatic heterocycles. The third-order valence-electron chi connectivity index (χ3n) is 5.44. The van der Waals surface area contributed by atoms with Gasteiger partial charge in [0.1, 0.15) is 11.5 Å². The van der Waals surface area contributed by atoms with Crippen molar-refractivity contribution < 1.29 is 19.1 Å². The van der Waals surface area contributed by atoms with Gasteiger partial charge in [0.05, 0.1) is 16.9 Å². The van der Waals surface area contributed by atoms with Gasteiger partial charge in [-0.2, -0.15) is 0 Å². The first-order chi connectivity index (χ1) is 14.5. The van der Waals surface area contributed by atoms with Gasteiger partial charge in [0.2, 0.25) is 0 Å². The van der Waals surface area contributed by atoms with Crippen LogP contribution in [0.1, 0.15) is 35.7 Å².